The molecule has 1 heterocycles. The lowest BCUT2D eigenvalue weighted by molar-refractivity contribution is -0.142. The highest BCUT2D eigenvalue weighted by Gasteiger charge is 2.53. The molecule has 1 aliphatic heterocycles. The van der Waals surface area contributed by atoms with Crippen molar-refractivity contribution in [3.63, 3.8) is 0 Å². The van der Waals surface area contributed by atoms with Crippen LogP contribution >= 0.6 is 35.0 Å². The number of nitrogens with zero attached hydrogens (tertiary/aromatic N) is 1. The van der Waals surface area contributed by atoms with Gasteiger partial charge in [0.05, 0.1) is 27.1 Å². The van der Waals surface area contributed by atoms with Crippen LogP contribution in [-0.2, 0) is 20.7 Å². The van der Waals surface area contributed by atoms with Gasteiger partial charge in [0.2, 0.25) is 5.91 Å². The van der Waals surface area contributed by atoms with E-state index in [4.69, 9.17) is 27.9 Å². The molecular weight excluding hydrogens is 577 g/mol. The van der Waals surface area contributed by atoms with Gasteiger partial charge in [0.1, 0.15) is 12.1 Å². The third-order valence-corrected chi connectivity index (χ3v) is 9.37. The Bertz CT molecular complexity index is 1250. The molecule has 2 aromatic rings. The molecule has 3 N–H and O–H groups in total. The van der Waals surface area contributed by atoms with Crippen molar-refractivity contribution in [2.75, 3.05) is 17.7 Å². The van der Waals surface area contributed by atoms with Crippen LogP contribution in [-0.4, -0.2) is 63.2 Å². The van der Waals surface area contributed by atoms with E-state index in [0.29, 0.717) is 17.0 Å². The lowest BCUT2D eigenvalue weighted by atomic mass is 9.92. The van der Waals surface area contributed by atoms with Crippen molar-refractivity contribution in [2.45, 2.75) is 62.4 Å². The number of halogens is 2. The standard InChI is InChI=1S/C28H31Cl2N3O6S/c1-2-39-27(38)33-22(16-40-28(33)13-4-3-5-14-28)24(34)32-21(26(36)37)15-17-9-11-18(12-10-17)31-25(35)23-19(29)7-6-8-20(23)30/h6-12,21-22H,2-5,13-16H2,1H3,(H,31,35)(H,32,34)(H,36,37). The first-order chi connectivity index (χ1) is 19.1. The second-order valence-electron chi connectivity index (χ2n) is 9.75. The second-order valence-corrected chi connectivity index (χ2v) is 12.0. The lowest BCUT2D eigenvalue weighted by Crippen LogP contribution is -2.57. The first-order valence-electron chi connectivity index (χ1n) is 13.1. The first kappa shape index (κ1) is 30.0. The van der Waals surface area contributed by atoms with Crippen LogP contribution in [0.1, 0.15) is 54.9 Å². The highest BCUT2D eigenvalue weighted by molar-refractivity contribution is 8.01. The van der Waals surface area contributed by atoms with Gasteiger partial charge in [-0.1, -0.05) is 60.7 Å². The van der Waals surface area contributed by atoms with E-state index in [1.807, 2.05) is 0 Å². The molecule has 40 heavy (non-hydrogen) atoms. The predicted molar refractivity (Wildman–Crippen MR) is 155 cm³/mol. The Morgan fingerprint density at radius 2 is 1.73 bits per heavy atom. The molecule has 1 spiro atoms. The summed E-state index contributed by atoms with van der Waals surface area (Å²) < 4.78 is 5.29. The molecule has 2 aromatic carbocycles. The molecule has 2 unspecified atom stereocenters. The fraction of sp³-hybridized carbons (Fsp3) is 0.429. The van der Waals surface area contributed by atoms with Crippen LogP contribution in [0.4, 0.5) is 10.5 Å². The van der Waals surface area contributed by atoms with Gasteiger partial charge in [-0.3, -0.25) is 14.5 Å². The molecule has 2 fully saturated rings. The third-order valence-electron chi connectivity index (χ3n) is 7.12. The molecule has 3 amide bonds. The van der Waals surface area contributed by atoms with Gasteiger partial charge in [0, 0.05) is 17.9 Å². The Hall–Kier alpha value is -2.95. The Balaban J connectivity index is 1.43. The first-order valence-corrected chi connectivity index (χ1v) is 14.9. The lowest BCUT2D eigenvalue weighted by Gasteiger charge is -2.41. The van der Waals surface area contributed by atoms with E-state index < -0.39 is 40.8 Å². The van der Waals surface area contributed by atoms with Crippen molar-refractivity contribution in [1.29, 1.82) is 0 Å². The number of hydrogen-bond donors (Lipinski definition) is 3. The van der Waals surface area contributed by atoms with Crippen LogP contribution in [0, 0.1) is 0 Å². The zero-order chi connectivity index (χ0) is 28.9. The van der Waals surface area contributed by atoms with Crippen molar-refractivity contribution in [3.05, 3.63) is 63.6 Å². The molecule has 2 aliphatic rings. The van der Waals surface area contributed by atoms with Crippen LogP contribution in [0.5, 0.6) is 0 Å². The number of carbonyl (C=O) groups is 4. The zero-order valence-corrected chi connectivity index (χ0v) is 24.3. The number of ether oxygens (including phenoxy) is 1. The molecule has 0 aromatic heterocycles. The SMILES string of the molecule is CCOC(=O)N1C(C(=O)NC(Cc2ccc(NC(=O)c3c(Cl)cccc3Cl)cc2)C(=O)O)CSC12CCCCC2. The van der Waals surface area contributed by atoms with Gasteiger partial charge in [-0.15, -0.1) is 11.8 Å². The van der Waals surface area contributed by atoms with Crippen molar-refractivity contribution in [1.82, 2.24) is 10.2 Å². The summed E-state index contributed by atoms with van der Waals surface area (Å²) in [6, 6.07) is 9.32. The quantitative estimate of drug-likeness (QED) is 0.357. The maximum Gasteiger partial charge on any atom is 0.411 e. The number of benzene rings is 2. The van der Waals surface area contributed by atoms with E-state index in [0.717, 1.165) is 32.1 Å². The number of nitrogens with one attached hydrogen (secondary N) is 2. The summed E-state index contributed by atoms with van der Waals surface area (Å²) in [7, 11) is 0. The molecular formula is C28H31Cl2N3O6S. The smallest absolute Gasteiger partial charge is 0.411 e. The molecule has 9 nitrogen and oxygen atoms in total. The Morgan fingerprint density at radius 3 is 2.33 bits per heavy atom. The average molecular weight is 609 g/mol. The minimum atomic E-state index is -1.22. The molecule has 214 valence electrons. The summed E-state index contributed by atoms with van der Waals surface area (Å²) in [6.45, 7) is 1.90. The van der Waals surface area contributed by atoms with E-state index in [9.17, 15) is 24.3 Å². The molecule has 1 aliphatic carbocycles. The number of rotatable bonds is 8. The molecule has 2 atom stereocenters. The molecule has 0 bridgehead atoms. The fourth-order valence-corrected chi connectivity index (χ4v) is 7.42. The summed E-state index contributed by atoms with van der Waals surface area (Å²) in [5.74, 6) is -1.81. The maximum absolute atomic E-state index is 13.4. The second kappa shape index (κ2) is 13.1. The molecule has 4 rings (SSSR count). The number of amides is 3. The molecule has 1 saturated heterocycles. The number of hydrogen-bond acceptors (Lipinski definition) is 6. The van der Waals surface area contributed by atoms with E-state index >= 15 is 0 Å². The van der Waals surface area contributed by atoms with Crippen LogP contribution in [0.15, 0.2) is 42.5 Å². The van der Waals surface area contributed by atoms with Crippen molar-refractivity contribution >= 4 is 64.5 Å². The summed E-state index contributed by atoms with van der Waals surface area (Å²) in [5, 5.41) is 15.7. The van der Waals surface area contributed by atoms with Crippen LogP contribution in [0.3, 0.4) is 0 Å². The highest BCUT2D eigenvalue weighted by Crippen LogP contribution is 2.49. The van der Waals surface area contributed by atoms with Gasteiger partial charge in [-0.25, -0.2) is 9.59 Å². The van der Waals surface area contributed by atoms with Gasteiger partial charge in [0.15, 0.2) is 0 Å². The third kappa shape index (κ3) is 6.67. The van der Waals surface area contributed by atoms with E-state index in [2.05, 4.69) is 10.6 Å². The molecule has 12 heteroatoms. The van der Waals surface area contributed by atoms with E-state index in [-0.39, 0.29) is 28.6 Å². The molecule has 1 saturated carbocycles. The van der Waals surface area contributed by atoms with Gasteiger partial charge in [0.25, 0.3) is 5.91 Å². The minimum absolute atomic E-state index is 0.00997. The number of carboxylic acids is 1. The normalized spacial score (nSPS) is 18.7. The van der Waals surface area contributed by atoms with Crippen LogP contribution < -0.4 is 10.6 Å². The van der Waals surface area contributed by atoms with Crippen LogP contribution in [0.25, 0.3) is 0 Å². The number of carbonyl (C=O) groups excluding carboxylic acids is 3. The fourth-order valence-electron chi connectivity index (χ4n) is 5.17. The Kier molecular flexibility index (Phi) is 9.86. The monoisotopic (exact) mass is 607 g/mol. The predicted octanol–water partition coefficient (Wildman–Crippen LogP) is 5.59. The van der Waals surface area contributed by atoms with Gasteiger partial charge < -0.3 is 20.5 Å². The Morgan fingerprint density at radius 1 is 1.07 bits per heavy atom. The topological polar surface area (TPSA) is 125 Å². The van der Waals surface area contributed by atoms with Crippen molar-refractivity contribution in [3.8, 4) is 0 Å². The van der Waals surface area contributed by atoms with Gasteiger partial charge in [-0.05, 0) is 49.6 Å². The van der Waals surface area contributed by atoms with E-state index in [1.165, 1.54) is 4.90 Å². The zero-order valence-electron chi connectivity index (χ0n) is 22.0. The highest BCUT2D eigenvalue weighted by atomic mass is 35.5. The minimum Gasteiger partial charge on any atom is -0.480 e. The van der Waals surface area contributed by atoms with Crippen molar-refractivity contribution < 1.29 is 29.0 Å². The average Bonchev–Trinajstić information content (AvgIpc) is 3.28. The van der Waals surface area contributed by atoms with Gasteiger partial charge >= 0.3 is 12.1 Å². The largest absolute Gasteiger partial charge is 0.480 e. The van der Waals surface area contributed by atoms with Crippen molar-refractivity contribution in [2.24, 2.45) is 0 Å². The van der Waals surface area contributed by atoms with Gasteiger partial charge in [-0.2, -0.15) is 0 Å². The summed E-state index contributed by atoms with van der Waals surface area (Å²) in [4.78, 5) is 52.1. The number of anilines is 1. The summed E-state index contributed by atoms with van der Waals surface area (Å²) in [6.07, 6.45) is 4.00. The Labute approximate surface area is 246 Å². The number of carboxylic acid groups (broad SMARTS) is 1. The van der Waals surface area contributed by atoms with E-state index in [1.54, 1.807) is 61.2 Å². The summed E-state index contributed by atoms with van der Waals surface area (Å²) in [5.41, 5.74) is 1.25. The van der Waals surface area contributed by atoms with Crippen LogP contribution in [0.2, 0.25) is 10.0 Å². The molecule has 0 radical (unpaired) electrons. The number of thioether (sulfide) groups is 1. The maximum atomic E-state index is 13.4. The summed E-state index contributed by atoms with van der Waals surface area (Å²) >= 11 is 13.8. The number of aliphatic carboxylic acids is 1.